The van der Waals surface area contributed by atoms with Gasteiger partial charge in [0.05, 0.1) is 9.80 Å². The lowest BCUT2D eigenvalue weighted by atomic mass is 10.2. The van der Waals surface area contributed by atoms with E-state index >= 15 is 0 Å². The van der Waals surface area contributed by atoms with E-state index in [0.717, 1.165) is 15.0 Å². The predicted octanol–water partition coefficient (Wildman–Crippen LogP) is 2.96. The Bertz CT molecular complexity index is 1390. The second kappa shape index (κ2) is 7.84. The zero-order valence-electron chi connectivity index (χ0n) is 15.9. The fourth-order valence-electron chi connectivity index (χ4n) is 2.96. The smallest absolute Gasteiger partial charge is 0.280 e. The van der Waals surface area contributed by atoms with Crippen LogP contribution in [-0.4, -0.2) is 24.0 Å². The number of nitro benzene ring substituents is 1. The Morgan fingerprint density at radius 3 is 2.63 bits per heavy atom. The van der Waals surface area contributed by atoms with Gasteiger partial charge in [0.2, 0.25) is 0 Å². The molecule has 30 heavy (non-hydrogen) atoms. The molecule has 0 aliphatic rings. The van der Waals surface area contributed by atoms with Gasteiger partial charge >= 0.3 is 5.69 Å². The van der Waals surface area contributed by atoms with Gasteiger partial charge in [0.1, 0.15) is 10.4 Å². The third-order valence-electron chi connectivity index (χ3n) is 4.51. The Morgan fingerprint density at radius 1 is 1.13 bits per heavy atom. The van der Waals surface area contributed by atoms with Crippen LogP contribution in [0.5, 0.6) is 0 Å². The van der Waals surface area contributed by atoms with Gasteiger partial charge in [-0.3, -0.25) is 24.0 Å². The Kier molecular flexibility index (Phi) is 5.22. The van der Waals surface area contributed by atoms with Crippen LogP contribution in [0.25, 0.3) is 21.7 Å². The molecule has 4 rings (SSSR count). The summed E-state index contributed by atoms with van der Waals surface area (Å²) in [6.07, 6.45) is 0. The van der Waals surface area contributed by atoms with Gasteiger partial charge in [0.25, 0.3) is 11.2 Å². The molecule has 9 nitrogen and oxygen atoms in total. The lowest BCUT2D eigenvalue weighted by Gasteiger charge is -2.11. The van der Waals surface area contributed by atoms with Gasteiger partial charge in [-0.1, -0.05) is 18.2 Å². The Labute approximate surface area is 177 Å². The first kappa shape index (κ1) is 20.0. The van der Waals surface area contributed by atoms with E-state index in [-0.39, 0.29) is 16.7 Å². The molecular weight excluding hydrogens is 426 g/mol. The average molecular weight is 441 g/mol. The van der Waals surface area contributed by atoms with Crippen LogP contribution in [0.2, 0.25) is 0 Å². The molecule has 4 aromatic rings. The molecule has 0 radical (unpaired) electrons. The van der Waals surface area contributed by atoms with Crippen LogP contribution < -0.4 is 11.2 Å². The van der Waals surface area contributed by atoms with Crippen LogP contribution in [0.3, 0.4) is 0 Å². The molecule has 0 saturated heterocycles. The molecule has 0 atom stereocenters. The van der Waals surface area contributed by atoms with E-state index in [9.17, 15) is 19.7 Å². The molecule has 0 aliphatic carbocycles. The van der Waals surface area contributed by atoms with E-state index < -0.39 is 16.2 Å². The van der Waals surface area contributed by atoms with Crippen LogP contribution in [0.1, 0.15) is 5.56 Å². The van der Waals surface area contributed by atoms with Crippen LogP contribution in [0.4, 0.5) is 5.69 Å². The van der Waals surface area contributed by atoms with Crippen molar-refractivity contribution in [1.82, 2.24) is 19.1 Å². The van der Waals surface area contributed by atoms with E-state index in [0.29, 0.717) is 16.6 Å². The summed E-state index contributed by atoms with van der Waals surface area (Å²) < 4.78 is 2.35. The van der Waals surface area contributed by atoms with E-state index in [1.807, 2.05) is 17.5 Å². The van der Waals surface area contributed by atoms with E-state index in [2.05, 4.69) is 9.97 Å². The van der Waals surface area contributed by atoms with Gasteiger partial charge in [0.15, 0.2) is 11.5 Å². The summed E-state index contributed by atoms with van der Waals surface area (Å²) >= 11 is 2.72. The second-order valence-electron chi connectivity index (χ2n) is 6.45. The average Bonchev–Trinajstić information content (AvgIpc) is 3.29. The van der Waals surface area contributed by atoms with Gasteiger partial charge < -0.3 is 0 Å². The summed E-state index contributed by atoms with van der Waals surface area (Å²) in [5, 5.41) is 13.6. The monoisotopic (exact) mass is 441 g/mol. The van der Waals surface area contributed by atoms with Crippen molar-refractivity contribution in [3.05, 3.63) is 78.3 Å². The lowest BCUT2D eigenvalue weighted by Crippen LogP contribution is -2.37. The summed E-state index contributed by atoms with van der Waals surface area (Å²) in [5.74, 6) is 0.784. The van der Waals surface area contributed by atoms with Gasteiger partial charge in [0, 0.05) is 32.0 Å². The number of aryl methyl sites for hydroxylation is 1. The highest BCUT2D eigenvalue weighted by molar-refractivity contribution is 7.98. The molecule has 0 unspecified atom stereocenters. The molecule has 0 fully saturated rings. The summed E-state index contributed by atoms with van der Waals surface area (Å²) in [7, 11) is 2.97. The first-order valence-electron chi connectivity index (χ1n) is 8.74. The van der Waals surface area contributed by atoms with E-state index in [4.69, 9.17) is 0 Å². The van der Waals surface area contributed by atoms with Crippen molar-refractivity contribution >= 4 is 39.8 Å². The summed E-state index contributed by atoms with van der Waals surface area (Å²) in [6.45, 7) is 0. The largest absolute Gasteiger partial charge is 0.332 e. The number of benzene rings is 1. The van der Waals surface area contributed by atoms with Crippen LogP contribution in [0, 0.1) is 10.1 Å². The third-order valence-corrected chi connectivity index (χ3v) is 6.42. The number of non-ortho nitro benzene ring substituents is 1. The topological polar surface area (TPSA) is 113 Å². The Balaban J connectivity index is 1.87. The zero-order valence-corrected chi connectivity index (χ0v) is 17.6. The van der Waals surface area contributed by atoms with Crippen LogP contribution >= 0.6 is 23.1 Å². The minimum atomic E-state index is -0.479. The number of thioether (sulfide) groups is 1. The first-order valence-corrected chi connectivity index (χ1v) is 10.6. The zero-order chi connectivity index (χ0) is 21.4. The molecular formula is C19H15N5O4S2. The van der Waals surface area contributed by atoms with E-state index in [1.165, 1.54) is 46.8 Å². The molecule has 1 aromatic carbocycles. The highest BCUT2D eigenvalue weighted by Crippen LogP contribution is 2.30. The molecule has 152 valence electrons. The molecule has 3 aromatic heterocycles. The molecule has 0 bridgehead atoms. The highest BCUT2D eigenvalue weighted by atomic mass is 32.2. The molecule has 3 heterocycles. The predicted molar refractivity (Wildman–Crippen MR) is 116 cm³/mol. The first-order chi connectivity index (χ1) is 14.4. The fourth-order valence-corrected chi connectivity index (χ4v) is 4.58. The van der Waals surface area contributed by atoms with E-state index in [1.54, 1.807) is 19.2 Å². The number of hydrogen-bond donors (Lipinski definition) is 0. The number of fused-ring (bicyclic) bond motifs is 1. The SMILES string of the molecule is Cn1c(=O)c2c(SCc3cccc([N+](=O)[O-])c3)nc(-c3cccs3)nc2n(C)c1=O. The summed E-state index contributed by atoms with van der Waals surface area (Å²) in [5.41, 5.74) is 0.0203. The number of hydrogen-bond acceptors (Lipinski definition) is 8. The normalized spacial score (nSPS) is 11.1. The number of nitrogens with zero attached hydrogens (tertiary/aromatic N) is 5. The molecule has 0 spiro atoms. The minimum Gasteiger partial charge on any atom is -0.280 e. The Morgan fingerprint density at radius 2 is 1.93 bits per heavy atom. The third kappa shape index (κ3) is 3.53. The second-order valence-corrected chi connectivity index (χ2v) is 8.36. The van der Waals surface area contributed by atoms with Crippen molar-refractivity contribution in [3.63, 3.8) is 0 Å². The molecule has 0 amide bonds. The van der Waals surface area contributed by atoms with Crippen LogP contribution in [0.15, 0.2) is 56.4 Å². The highest BCUT2D eigenvalue weighted by Gasteiger charge is 2.19. The fraction of sp³-hybridized carbons (Fsp3) is 0.158. The summed E-state index contributed by atoms with van der Waals surface area (Å²) in [4.78, 5) is 45.7. The molecule has 11 heteroatoms. The maximum atomic E-state index is 12.8. The summed E-state index contributed by atoms with van der Waals surface area (Å²) in [6, 6.07) is 10.0. The van der Waals surface area contributed by atoms with Gasteiger partial charge in [-0.2, -0.15) is 0 Å². The van der Waals surface area contributed by atoms with Crippen molar-refractivity contribution in [2.24, 2.45) is 14.1 Å². The van der Waals surface area contributed by atoms with Crippen molar-refractivity contribution in [2.45, 2.75) is 10.8 Å². The van der Waals surface area contributed by atoms with Crippen molar-refractivity contribution in [2.75, 3.05) is 0 Å². The quantitative estimate of drug-likeness (QED) is 0.202. The number of thiophene rings is 1. The number of nitro groups is 1. The number of aromatic nitrogens is 4. The van der Waals surface area contributed by atoms with Crippen molar-refractivity contribution < 1.29 is 4.92 Å². The van der Waals surface area contributed by atoms with Gasteiger partial charge in [-0.15, -0.1) is 23.1 Å². The lowest BCUT2D eigenvalue weighted by molar-refractivity contribution is -0.384. The minimum absolute atomic E-state index is 0.00164. The molecule has 0 aliphatic heterocycles. The van der Waals surface area contributed by atoms with Crippen LogP contribution in [-0.2, 0) is 19.8 Å². The van der Waals surface area contributed by atoms with Crippen molar-refractivity contribution in [3.8, 4) is 10.7 Å². The van der Waals surface area contributed by atoms with Gasteiger partial charge in [-0.05, 0) is 17.0 Å². The number of rotatable bonds is 5. The molecule has 0 saturated carbocycles. The van der Waals surface area contributed by atoms with Gasteiger partial charge in [-0.25, -0.2) is 14.8 Å². The standard InChI is InChI=1S/C19H15N5O4S2/c1-22-16-14(18(25)23(2)19(22)26)17(21-15(20-16)13-7-4-8-29-13)30-10-11-5-3-6-12(9-11)24(27)28/h3-9H,10H2,1-2H3. The maximum Gasteiger partial charge on any atom is 0.332 e. The van der Waals surface area contributed by atoms with Crippen molar-refractivity contribution in [1.29, 1.82) is 0 Å². The Hall–Kier alpha value is -3.31. The maximum absolute atomic E-state index is 12.8. The molecule has 0 N–H and O–H groups in total.